The van der Waals surface area contributed by atoms with Crippen molar-refractivity contribution in [2.45, 2.75) is 71.3 Å². The standard InChI is InChI=1S/C17H29N3S/c1-3-5-6-7-8-9-15(18-10-4-2)13-16-14-20-11-12-21-17(20)19-16/h11-12,14-15,18H,3-10,13H2,1-2H3. The molecule has 0 saturated carbocycles. The first-order valence-electron chi connectivity index (χ1n) is 8.48. The summed E-state index contributed by atoms with van der Waals surface area (Å²) in [6.45, 7) is 5.62. The van der Waals surface area contributed by atoms with E-state index in [9.17, 15) is 0 Å². The molecule has 21 heavy (non-hydrogen) atoms. The number of fused-ring (bicyclic) bond motifs is 1. The molecule has 0 aromatic carbocycles. The molecule has 0 aliphatic heterocycles. The summed E-state index contributed by atoms with van der Waals surface area (Å²) in [5, 5.41) is 5.79. The van der Waals surface area contributed by atoms with Crippen molar-refractivity contribution in [3.05, 3.63) is 23.5 Å². The Kier molecular flexibility index (Phi) is 7.24. The average molecular weight is 308 g/mol. The molecule has 0 fully saturated rings. The van der Waals surface area contributed by atoms with Crippen molar-refractivity contribution in [2.75, 3.05) is 6.54 Å². The summed E-state index contributed by atoms with van der Waals surface area (Å²) in [4.78, 5) is 5.83. The van der Waals surface area contributed by atoms with Crippen LogP contribution in [0.1, 0.15) is 64.5 Å². The van der Waals surface area contributed by atoms with E-state index in [-0.39, 0.29) is 0 Å². The Morgan fingerprint density at radius 3 is 2.81 bits per heavy atom. The van der Waals surface area contributed by atoms with E-state index in [1.807, 2.05) is 0 Å². The van der Waals surface area contributed by atoms with E-state index in [0.29, 0.717) is 6.04 Å². The summed E-state index contributed by atoms with van der Waals surface area (Å²) in [6.07, 6.45) is 14.6. The largest absolute Gasteiger partial charge is 0.314 e. The molecular formula is C17H29N3S. The van der Waals surface area contributed by atoms with E-state index in [0.717, 1.165) is 17.9 Å². The van der Waals surface area contributed by atoms with Gasteiger partial charge in [-0.3, -0.25) is 4.40 Å². The molecule has 0 aliphatic carbocycles. The average Bonchev–Trinajstić information content (AvgIpc) is 3.05. The van der Waals surface area contributed by atoms with Crippen LogP contribution < -0.4 is 5.32 Å². The second-order valence-corrected chi connectivity index (χ2v) is 6.76. The maximum atomic E-state index is 4.72. The molecule has 0 aliphatic rings. The zero-order valence-electron chi connectivity index (χ0n) is 13.5. The van der Waals surface area contributed by atoms with Crippen LogP contribution in [0.2, 0.25) is 0 Å². The van der Waals surface area contributed by atoms with Gasteiger partial charge < -0.3 is 5.32 Å². The van der Waals surface area contributed by atoms with Gasteiger partial charge in [0.25, 0.3) is 0 Å². The molecule has 1 N–H and O–H groups in total. The Balaban J connectivity index is 1.81. The third kappa shape index (κ3) is 5.44. The van der Waals surface area contributed by atoms with Gasteiger partial charge >= 0.3 is 0 Å². The molecule has 0 radical (unpaired) electrons. The van der Waals surface area contributed by atoms with Crippen LogP contribution in [0.15, 0.2) is 17.8 Å². The summed E-state index contributed by atoms with van der Waals surface area (Å²) in [6, 6.07) is 0.580. The third-order valence-electron chi connectivity index (χ3n) is 3.94. The van der Waals surface area contributed by atoms with Gasteiger partial charge in [0.2, 0.25) is 0 Å². The highest BCUT2D eigenvalue weighted by Gasteiger charge is 2.11. The van der Waals surface area contributed by atoms with E-state index in [2.05, 4.69) is 41.3 Å². The first-order chi connectivity index (χ1) is 10.3. The zero-order chi connectivity index (χ0) is 14.9. The van der Waals surface area contributed by atoms with Gasteiger partial charge in [0, 0.05) is 30.2 Å². The van der Waals surface area contributed by atoms with E-state index in [4.69, 9.17) is 4.98 Å². The number of nitrogens with one attached hydrogen (secondary N) is 1. The van der Waals surface area contributed by atoms with Gasteiger partial charge in [-0.1, -0.05) is 46.0 Å². The zero-order valence-corrected chi connectivity index (χ0v) is 14.3. The number of aromatic nitrogens is 2. The number of thiazole rings is 1. The van der Waals surface area contributed by atoms with Crippen LogP contribution in [0.4, 0.5) is 0 Å². The number of hydrogen-bond donors (Lipinski definition) is 1. The summed E-state index contributed by atoms with van der Waals surface area (Å²) in [5.74, 6) is 0. The molecule has 0 saturated heterocycles. The normalized spacial score (nSPS) is 13.0. The SMILES string of the molecule is CCCCCCCC(Cc1cn2ccsc2n1)NCCC. The molecule has 1 atom stereocenters. The van der Waals surface area contributed by atoms with Crippen LogP contribution in [-0.2, 0) is 6.42 Å². The molecule has 4 heteroatoms. The fourth-order valence-electron chi connectivity index (χ4n) is 2.75. The molecule has 2 rings (SSSR count). The molecule has 0 amide bonds. The van der Waals surface area contributed by atoms with Crippen molar-refractivity contribution in [1.82, 2.24) is 14.7 Å². The molecule has 2 aromatic heterocycles. The van der Waals surface area contributed by atoms with Crippen molar-refractivity contribution in [3.8, 4) is 0 Å². The highest BCUT2D eigenvalue weighted by Crippen LogP contribution is 2.15. The molecule has 2 aromatic rings. The predicted octanol–water partition coefficient (Wildman–Crippen LogP) is 4.67. The van der Waals surface area contributed by atoms with Crippen LogP contribution in [-0.4, -0.2) is 22.0 Å². The lowest BCUT2D eigenvalue weighted by Crippen LogP contribution is -2.31. The fraction of sp³-hybridized carbons (Fsp3) is 0.706. The Morgan fingerprint density at radius 1 is 1.19 bits per heavy atom. The van der Waals surface area contributed by atoms with E-state index < -0.39 is 0 Å². The number of hydrogen-bond acceptors (Lipinski definition) is 3. The first-order valence-corrected chi connectivity index (χ1v) is 9.36. The van der Waals surface area contributed by atoms with Crippen LogP contribution in [0.3, 0.4) is 0 Å². The molecule has 0 bridgehead atoms. The van der Waals surface area contributed by atoms with Crippen LogP contribution >= 0.6 is 11.3 Å². The van der Waals surface area contributed by atoms with E-state index in [1.165, 1.54) is 50.6 Å². The Labute approximate surface area is 132 Å². The molecule has 1 unspecified atom stereocenters. The lowest BCUT2D eigenvalue weighted by Gasteiger charge is -2.17. The highest BCUT2D eigenvalue weighted by molar-refractivity contribution is 7.15. The first kappa shape index (κ1) is 16.5. The van der Waals surface area contributed by atoms with Crippen molar-refractivity contribution < 1.29 is 0 Å². The lowest BCUT2D eigenvalue weighted by atomic mass is 10.0. The van der Waals surface area contributed by atoms with Crippen molar-refractivity contribution in [3.63, 3.8) is 0 Å². The second kappa shape index (κ2) is 9.21. The molecule has 3 nitrogen and oxygen atoms in total. The number of rotatable bonds is 11. The van der Waals surface area contributed by atoms with Crippen LogP contribution in [0.5, 0.6) is 0 Å². The van der Waals surface area contributed by atoms with Gasteiger partial charge in [-0.15, -0.1) is 11.3 Å². The summed E-state index contributed by atoms with van der Waals surface area (Å²) in [7, 11) is 0. The second-order valence-electron chi connectivity index (χ2n) is 5.88. The van der Waals surface area contributed by atoms with Gasteiger partial charge in [0.1, 0.15) is 0 Å². The minimum absolute atomic E-state index is 0.580. The highest BCUT2D eigenvalue weighted by atomic mass is 32.1. The topological polar surface area (TPSA) is 29.3 Å². The van der Waals surface area contributed by atoms with Gasteiger partial charge in [-0.25, -0.2) is 4.98 Å². The number of imidazole rings is 1. The van der Waals surface area contributed by atoms with Gasteiger partial charge in [0.05, 0.1) is 5.69 Å². The molecule has 2 heterocycles. The quantitative estimate of drug-likeness (QED) is 0.611. The summed E-state index contributed by atoms with van der Waals surface area (Å²) >= 11 is 1.71. The molecule has 0 spiro atoms. The van der Waals surface area contributed by atoms with Gasteiger partial charge in [-0.05, 0) is 19.4 Å². The number of unbranched alkanes of at least 4 members (excludes halogenated alkanes) is 4. The monoisotopic (exact) mass is 307 g/mol. The van der Waals surface area contributed by atoms with E-state index >= 15 is 0 Å². The molecular weight excluding hydrogens is 278 g/mol. The van der Waals surface area contributed by atoms with Crippen molar-refractivity contribution in [1.29, 1.82) is 0 Å². The predicted molar refractivity (Wildman–Crippen MR) is 92.2 cm³/mol. The molecule has 118 valence electrons. The Morgan fingerprint density at radius 2 is 2.05 bits per heavy atom. The Bertz CT molecular complexity index is 474. The third-order valence-corrected chi connectivity index (χ3v) is 4.71. The van der Waals surface area contributed by atoms with Crippen molar-refractivity contribution >= 4 is 16.3 Å². The minimum Gasteiger partial charge on any atom is -0.314 e. The maximum Gasteiger partial charge on any atom is 0.193 e. The maximum absolute atomic E-state index is 4.72. The van der Waals surface area contributed by atoms with Gasteiger partial charge in [0.15, 0.2) is 4.96 Å². The summed E-state index contributed by atoms with van der Waals surface area (Å²) < 4.78 is 2.14. The smallest absolute Gasteiger partial charge is 0.193 e. The van der Waals surface area contributed by atoms with Crippen molar-refractivity contribution in [2.24, 2.45) is 0 Å². The summed E-state index contributed by atoms with van der Waals surface area (Å²) in [5.41, 5.74) is 1.23. The Hall–Kier alpha value is -0.870. The van der Waals surface area contributed by atoms with E-state index in [1.54, 1.807) is 11.3 Å². The van der Waals surface area contributed by atoms with Crippen LogP contribution in [0, 0.1) is 0 Å². The van der Waals surface area contributed by atoms with Crippen LogP contribution in [0.25, 0.3) is 4.96 Å². The minimum atomic E-state index is 0.580. The lowest BCUT2D eigenvalue weighted by molar-refractivity contribution is 0.449. The number of nitrogens with zero attached hydrogens (tertiary/aromatic N) is 2. The fourth-order valence-corrected chi connectivity index (χ4v) is 3.46. The van der Waals surface area contributed by atoms with Gasteiger partial charge in [-0.2, -0.15) is 0 Å².